The standard InChI is InChI=1S/C20H25FN2O/c1-15-13-20(24-3)16(2)12-17(15)14-22-8-10-23(11-9-22)19-6-4-18(21)5-7-19/h4-7,12-13H,8-11,14H2,1-3H3. The average molecular weight is 328 g/mol. The molecule has 0 aliphatic carbocycles. The van der Waals surface area contributed by atoms with Crippen molar-refractivity contribution in [1.29, 1.82) is 0 Å². The van der Waals surface area contributed by atoms with Crippen LogP contribution in [0, 0.1) is 19.7 Å². The van der Waals surface area contributed by atoms with Gasteiger partial charge in [0.05, 0.1) is 7.11 Å². The van der Waals surface area contributed by atoms with Gasteiger partial charge in [-0.05, 0) is 60.9 Å². The highest BCUT2D eigenvalue weighted by molar-refractivity contribution is 5.47. The number of ether oxygens (including phenoxy) is 1. The zero-order valence-electron chi connectivity index (χ0n) is 14.7. The normalized spacial score (nSPS) is 15.6. The molecule has 0 atom stereocenters. The van der Waals surface area contributed by atoms with Crippen LogP contribution in [0.25, 0.3) is 0 Å². The summed E-state index contributed by atoms with van der Waals surface area (Å²) < 4.78 is 18.4. The van der Waals surface area contributed by atoms with E-state index in [1.54, 1.807) is 7.11 Å². The highest BCUT2D eigenvalue weighted by atomic mass is 19.1. The minimum atomic E-state index is -0.178. The van der Waals surface area contributed by atoms with E-state index in [1.807, 2.05) is 12.1 Å². The summed E-state index contributed by atoms with van der Waals surface area (Å²) in [6, 6.07) is 11.2. The van der Waals surface area contributed by atoms with E-state index in [0.717, 1.165) is 44.2 Å². The van der Waals surface area contributed by atoms with Crippen LogP contribution in [0.1, 0.15) is 16.7 Å². The van der Waals surface area contributed by atoms with Crippen molar-refractivity contribution in [2.75, 3.05) is 38.2 Å². The highest BCUT2D eigenvalue weighted by Crippen LogP contribution is 2.24. The smallest absolute Gasteiger partial charge is 0.123 e. The van der Waals surface area contributed by atoms with Crippen LogP contribution >= 0.6 is 0 Å². The summed E-state index contributed by atoms with van der Waals surface area (Å²) in [4.78, 5) is 4.80. The monoisotopic (exact) mass is 328 g/mol. The molecule has 0 unspecified atom stereocenters. The van der Waals surface area contributed by atoms with E-state index in [4.69, 9.17) is 4.74 Å². The third kappa shape index (κ3) is 3.70. The van der Waals surface area contributed by atoms with Crippen molar-refractivity contribution in [1.82, 2.24) is 4.90 Å². The predicted molar refractivity (Wildman–Crippen MR) is 96.4 cm³/mol. The minimum absolute atomic E-state index is 0.178. The molecule has 0 N–H and O–H groups in total. The van der Waals surface area contributed by atoms with Gasteiger partial charge in [-0.2, -0.15) is 0 Å². The molecule has 0 spiro atoms. The van der Waals surface area contributed by atoms with Gasteiger partial charge < -0.3 is 9.64 Å². The van der Waals surface area contributed by atoms with Crippen LogP contribution in [-0.4, -0.2) is 38.2 Å². The molecular formula is C20H25FN2O. The summed E-state index contributed by atoms with van der Waals surface area (Å²) in [5, 5.41) is 0. The van der Waals surface area contributed by atoms with Gasteiger partial charge in [-0.25, -0.2) is 4.39 Å². The Bertz CT molecular complexity index is 692. The summed E-state index contributed by atoms with van der Waals surface area (Å²) in [5.74, 6) is 0.778. The molecule has 1 aliphatic rings. The summed E-state index contributed by atoms with van der Waals surface area (Å²) in [7, 11) is 1.72. The first-order valence-electron chi connectivity index (χ1n) is 8.44. The molecule has 1 fully saturated rings. The summed E-state index contributed by atoms with van der Waals surface area (Å²) in [6.45, 7) is 9.18. The lowest BCUT2D eigenvalue weighted by Gasteiger charge is -2.36. The second kappa shape index (κ2) is 7.22. The molecule has 3 nitrogen and oxygen atoms in total. The van der Waals surface area contributed by atoms with Crippen molar-refractivity contribution in [3.63, 3.8) is 0 Å². The lowest BCUT2D eigenvalue weighted by molar-refractivity contribution is 0.249. The Balaban J connectivity index is 1.61. The molecule has 1 aliphatic heterocycles. The number of benzene rings is 2. The Morgan fingerprint density at radius 1 is 0.958 bits per heavy atom. The SMILES string of the molecule is COc1cc(C)c(CN2CCN(c3ccc(F)cc3)CC2)cc1C. The van der Waals surface area contributed by atoms with Crippen molar-refractivity contribution in [3.05, 3.63) is 58.9 Å². The Morgan fingerprint density at radius 2 is 1.62 bits per heavy atom. The summed E-state index contributed by atoms with van der Waals surface area (Å²) >= 11 is 0. The molecule has 3 rings (SSSR count). The first kappa shape index (κ1) is 16.8. The first-order valence-corrected chi connectivity index (χ1v) is 8.44. The molecule has 128 valence electrons. The number of anilines is 1. The van der Waals surface area contributed by atoms with E-state index in [1.165, 1.54) is 28.8 Å². The van der Waals surface area contributed by atoms with Gasteiger partial charge in [0, 0.05) is 38.4 Å². The minimum Gasteiger partial charge on any atom is -0.496 e. The molecule has 4 heteroatoms. The maximum atomic E-state index is 13.0. The van der Waals surface area contributed by atoms with Crippen LogP contribution < -0.4 is 9.64 Å². The van der Waals surface area contributed by atoms with Crippen molar-refractivity contribution in [2.45, 2.75) is 20.4 Å². The van der Waals surface area contributed by atoms with Gasteiger partial charge in [0.25, 0.3) is 0 Å². The molecule has 0 amide bonds. The van der Waals surface area contributed by atoms with E-state index < -0.39 is 0 Å². The number of rotatable bonds is 4. The summed E-state index contributed by atoms with van der Waals surface area (Å²) in [5.41, 5.74) is 4.93. The van der Waals surface area contributed by atoms with Crippen LogP contribution in [0.3, 0.4) is 0 Å². The number of halogens is 1. The lowest BCUT2D eigenvalue weighted by Crippen LogP contribution is -2.46. The molecular weight excluding hydrogens is 303 g/mol. The third-order valence-corrected chi connectivity index (χ3v) is 4.81. The Morgan fingerprint density at radius 3 is 2.25 bits per heavy atom. The number of piperazine rings is 1. The van der Waals surface area contributed by atoms with Crippen LogP contribution in [0.15, 0.2) is 36.4 Å². The van der Waals surface area contributed by atoms with Gasteiger partial charge in [-0.15, -0.1) is 0 Å². The number of aryl methyl sites for hydroxylation is 2. The average Bonchev–Trinajstić information content (AvgIpc) is 2.59. The zero-order chi connectivity index (χ0) is 17.1. The van der Waals surface area contributed by atoms with E-state index >= 15 is 0 Å². The van der Waals surface area contributed by atoms with Crippen LogP contribution in [0.5, 0.6) is 5.75 Å². The highest BCUT2D eigenvalue weighted by Gasteiger charge is 2.18. The fraction of sp³-hybridized carbons (Fsp3) is 0.400. The number of hydrogen-bond acceptors (Lipinski definition) is 3. The van der Waals surface area contributed by atoms with Crippen molar-refractivity contribution in [3.8, 4) is 5.75 Å². The van der Waals surface area contributed by atoms with E-state index in [-0.39, 0.29) is 5.82 Å². The number of hydrogen-bond donors (Lipinski definition) is 0. The third-order valence-electron chi connectivity index (χ3n) is 4.81. The Kier molecular flexibility index (Phi) is 5.05. The zero-order valence-corrected chi connectivity index (χ0v) is 14.7. The molecule has 2 aromatic carbocycles. The van der Waals surface area contributed by atoms with Gasteiger partial charge in [0.15, 0.2) is 0 Å². The fourth-order valence-electron chi connectivity index (χ4n) is 3.30. The number of methoxy groups -OCH3 is 1. The van der Waals surface area contributed by atoms with E-state index in [9.17, 15) is 4.39 Å². The molecule has 0 aromatic heterocycles. The molecule has 0 saturated carbocycles. The van der Waals surface area contributed by atoms with Gasteiger partial charge in [0.2, 0.25) is 0 Å². The topological polar surface area (TPSA) is 15.7 Å². The van der Waals surface area contributed by atoms with Crippen LogP contribution in [0.2, 0.25) is 0 Å². The largest absolute Gasteiger partial charge is 0.496 e. The maximum absolute atomic E-state index is 13.0. The van der Waals surface area contributed by atoms with Crippen LogP contribution in [0.4, 0.5) is 10.1 Å². The van der Waals surface area contributed by atoms with Crippen molar-refractivity contribution in [2.24, 2.45) is 0 Å². The Labute approximate surface area is 143 Å². The maximum Gasteiger partial charge on any atom is 0.123 e. The molecule has 0 radical (unpaired) electrons. The molecule has 1 heterocycles. The lowest BCUT2D eigenvalue weighted by atomic mass is 10.0. The van der Waals surface area contributed by atoms with Crippen molar-refractivity contribution >= 4 is 5.69 Å². The van der Waals surface area contributed by atoms with Crippen molar-refractivity contribution < 1.29 is 9.13 Å². The van der Waals surface area contributed by atoms with Crippen LogP contribution in [-0.2, 0) is 6.54 Å². The Hall–Kier alpha value is -2.07. The molecule has 0 bridgehead atoms. The molecule has 1 saturated heterocycles. The fourth-order valence-corrected chi connectivity index (χ4v) is 3.30. The van der Waals surface area contributed by atoms with Gasteiger partial charge >= 0.3 is 0 Å². The van der Waals surface area contributed by atoms with E-state index in [2.05, 4.69) is 35.8 Å². The quantitative estimate of drug-likeness (QED) is 0.850. The summed E-state index contributed by atoms with van der Waals surface area (Å²) in [6.07, 6.45) is 0. The predicted octanol–water partition coefficient (Wildman–Crippen LogP) is 3.77. The number of nitrogens with zero attached hydrogens (tertiary/aromatic N) is 2. The molecule has 24 heavy (non-hydrogen) atoms. The first-order chi connectivity index (χ1) is 11.6. The van der Waals surface area contributed by atoms with Gasteiger partial charge in [-0.3, -0.25) is 4.90 Å². The van der Waals surface area contributed by atoms with E-state index in [0.29, 0.717) is 0 Å². The van der Waals surface area contributed by atoms with Gasteiger partial charge in [-0.1, -0.05) is 6.07 Å². The second-order valence-corrected chi connectivity index (χ2v) is 6.49. The second-order valence-electron chi connectivity index (χ2n) is 6.49. The van der Waals surface area contributed by atoms with Gasteiger partial charge in [0.1, 0.15) is 11.6 Å². The molecule has 2 aromatic rings.